The number of benzene rings is 1. The molecule has 15 heavy (non-hydrogen) atoms. The molecule has 0 unspecified atom stereocenters. The minimum atomic E-state index is -0.929. The van der Waals surface area contributed by atoms with Gasteiger partial charge < -0.3 is 9.84 Å². The topological polar surface area (TPSA) is 70.3 Å². The van der Waals surface area contributed by atoms with Crippen molar-refractivity contribution in [2.24, 2.45) is 0 Å². The van der Waals surface area contributed by atoms with E-state index in [9.17, 15) is 9.18 Å². The van der Waals surface area contributed by atoms with Gasteiger partial charge in [-0.25, -0.2) is 9.18 Å². The number of aliphatic hydroxyl groups excluding tert-OH is 1. The Balaban J connectivity index is 3.38. The molecule has 5 heteroatoms. The van der Waals surface area contributed by atoms with Gasteiger partial charge in [-0.1, -0.05) is 0 Å². The van der Waals surface area contributed by atoms with Crippen molar-refractivity contribution < 1.29 is 19.0 Å². The summed E-state index contributed by atoms with van der Waals surface area (Å²) < 4.78 is 17.8. The summed E-state index contributed by atoms with van der Waals surface area (Å²) in [6.45, 7) is -0.376. The van der Waals surface area contributed by atoms with Gasteiger partial charge in [0, 0.05) is 0 Å². The van der Waals surface area contributed by atoms with Crippen molar-refractivity contribution in [2.75, 3.05) is 7.11 Å². The number of carbonyl (C=O) groups excluding carboxylic acids is 1. The van der Waals surface area contributed by atoms with Crippen LogP contribution in [0.1, 0.15) is 21.5 Å². The van der Waals surface area contributed by atoms with E-state index in [1.165, 1.54) is 6.07 Å². The lowest BCUT2D eigenvalue weighted by Crippen LogP contribution is -2.07. The highest BCUT2D eigenvalue weighted by Crippen LogP contribution is 2.16. The van der Waals surface area contributed by atoms with Crippen LogP contribution in [0, 0.1) is 17.1 Å². The zero-order valence-electron chi connectivity index (χ0n) is 7.95. The Labute approximate surface area is 85.5 Å². The van der Waals surface area contributed by atoms with Crippen LogP contribution < -0.4 is 0 Å². The van der Waals surface area contributed by atoms with Crippen LogP contribution in [0.15, 0.2) is 12.1 Å². The molecular weight excluding hydrogens is 201 g/mol. The molecule has 0 aliphatic rings. The molecular formula is C10H8FNO3. The predicted octanol–water partition coefficient (Wildman–Crippen LogP) is 0.976. The van der Waals surface area contributed by atoms with Crippen molar-refractivity contribution in [1.82, 2.24) is 0 Å². The summed E-state index contributed by atoms with van der Waals surface area (Å²) in [5.41, 5.74) is -0.351. The molecule has 0 bridgehead atoms. The monoisotopic (exact) mass is 209 g/mol. The van der Waals surface area contributed by atoms with Gasteiger partial charge in [-0.2, -0.15) is 5.26 Å². The van der Waals surface area contributed by atoms with E-state index in [0.29, 0.717) is 0 Å². The first kappa shape index (κ1) is 11.1. The van der Waals surface area contributed by atoms with Gasteiger partial charge in [0.15, 0.2) is 5.82 Å². The first-order valence-electron chi connectivity index (χ1n) is 4.05. The highest BCUT2D eigenvalue weighted by Gasteiger charge is 2.17. The van der Waals surface area contributed by atoms with E-state index in [2.05, 4.69) is 4.74 Å². The van der Waals surface area contributed by atoms with Gasteiger partial charge in [0.1, 0.15) is 6.07 Å². The van der Waals surface area contributed by atoms with Gasteiger partial charge in [-0.3, -0.25) is 0 Å². The molecule has 78 valence electrons. The number of rotatable bonds is 2. The van der Waals surface area contributed by atoms with Gasteiger partial charge in [-0.15, -0.1) is 0 Å². The third-order valence-electron chi connectivity index (χ3n) is 1.84. The third-order valence-corrected chi connectivity index (χ3v) is 1.84. The molecule has 0 aromatic heterocycles. The molecule has 0 amide bonds. The normalized spacial score (nSPS) is 9.47. The Bertz CT molecular complexity index is 437. The number of aliphatic hydroxyl groups is 1. The minimum absolute atomic E-state index is 0.286. The van der Waals surface area contributed by atoms with E-state index < -0.39 is 11.8 Å². The highest BCUT2D eigenvalue weighted by molar-refractivity contribution is 5.90. The summed E-state index contributed by atoms with van der Waals surface area (Å²) in [6, 6.07) is 3.93. The smallest absolute Gasteiger partial charge is 0.340 e. The first-order valence-corrected chi connectivity index (χ1v) is 4.05. The summed E-state index contributed by atoms with van der Waals surface area (Å²) in [5, 5.41) is 17.4. The van der Waals surface area contributed by atoms with Crippen LogP contribution in [-0.2, 0) is 11.3 Å². The van der Waals surface area contributed by atoms with E-state index in [0.717, 1.165) is 13.2 Å². The SMILES string of the molecule is COC(=O)c1cc(CO)cc(C#N)c1F. The summed E-state index contributed by atoms with van der Waals surface area (Å²) >= 11 is 0. The second-order valence-electron chi connectivity index (χ2n) is 2.77. The summed E-state index contributed by atoms with van der Waals surface area (Å²) in [7, 11) is 1.11. The van der Waals surface area contributed by atoms with Crippen LogP contribution in [0.25, 0.3) is 0 Å². The lowest BCUT2D eigenvalue weighted by Gasteiger charge is -2.05. The zero-order chi connectivity index (χ0) is 11.4. The molecule has 1 aromatic rings. The average Bonchev–Trinajstić information content (AvgIpc) is 2.28. The van der Waals surface area contributed by atoms with Crippen molar-refractivity contribution in [1.29, 1.82) is 5.26 Å². The van der Waals surface area contributed by atoms with E-state index in [4.69, 9.17) is 10.4 Å². The second kappa shape index (κ2) is 4.53. The van der Waals surface area contributed by atoms with Crippen LogP contribution in [0.5, 0.6) is 0 Å². The van der Waals surface area contributed by atoms with Gasteiger partial charge in [0.05, 0.1) is 24.8 Å². The van der Waals surface area contributed by atoms with Gasteiger partial charge in [0.25, 0.3) is 0 Å². The van der Waals surface area contributed by atoms with Gasteiger partial charge in [0.2, 0.25) is 0 Å². The highest BCUT2D eigenvalue weighted by atomic mass is 19.1. The summed E-state index contributed by atoms with van der Waals surface area (Å²) in [4.78, 5) is 11.1. The Kier molecular flexibility index (Phi) is 3.37. The van der Waals surface area contributed by atoms with Crippen LogP contribution >= 0.6 is 0 Å². The van der Waals surface area contributed by atoms with E-state index in [-0.39, 0.29) is 23.3 Å². The number of nitriles is 1. The average molecular weight is 209 g/mol. The molecule has 1 N–H and O–H groups in total. The largest absolute Gasteiger partial charge is 0.465 e. The summed E-state index contributed by atoms with van der Waals surface area (Å²) in [5.74, 6) is -1.80. The van der Waals surface area contributed by atoms with Crippen molar-refractivity contribution in [3.05, 3.63) is 34.6 Å². The molecule has 0 heterocycles. The number of hydrogen-bond donors (Lipinski definition) is 1. The molecule has 0 saturated carbocycles. The van der Waals surface area contributed by atoms with Crippen molar-refractivity contribution in [3.8, 4) is 6.07 Å². The van der Waals surface area contributed by atoms with Crippen molar-refractivity contribution >= 4 is 5.97 Å². The molecule has 0 radical (unpaired) electrons. The minimum Gasteiger partial charge on any atom is -0.465 e. The lowest BCUT2D eigenvalue weighted by atomic mass is 10.1. The fraction of sp³-hybridized carbons (Fsp3) is 0.200. The molecule has 1 aromatic carbocycles. The molecule has 4 nitrogen and oxygen atoms in total. The predicted molar refractivity (Wildman–Crippen MR) is 48.4 cm³/mol. The van der Waals surface area contributed by atoms with Crippen molar-refractivity contribution in [3.63, 3.8) is 0 Å². The maximum Gasteiger partial charge on any atom is 0.340 e. The second-order valence-corrected chi connectivity index (χ2v) is 2.77. The van der Waals surface area contributed by atoms with Crippen LogP contribution in [0.2, 0.25) is 0 Å². The number of nitrogens with zero attached hydrogens (tertiary/aromatic N) is 1. The zero-order valence-corrected chi connectivity index (χ0v) is 7.95. The number of hydrogen-bond acceptors (Lipinski definition) is 4. The number of ether oxygens (including phenoxy) is 1. The van der Waals surface area contributed by atoms with Crippen LogP contribution in [0.4, 0.5) is 4.39 Å². The molecule has 0 atom stereocenters. The lowest BCUT2D eigenvalue weighted by molar-refractivity contribution is 0.0595. The van der Waals surface area contributed by atoms with Gasteiger partial charge in [-0.05, 0) is 17.7 Å². The number of carbonyl (C=O) groups is 1. The first-order chi connectivity index (χ1) is 7.13. The molecule has 0 fully saturated rings. The van der Waals surface area contributed by atoms with E-state index >= 15 is 0 Å². The molecule has 0 saturated heterocycles. The number of methoxy groups -OCH3 is 1. The number of halogens is 1. The Hall–Kier alpha value is -1.93. The standard InChI is InChI=1S/C10H8FNO3/c1-15-10(14)8-3-6(5-13)2-7(4-12)9(8)11/h2-3,13H,5H2,1H3. The quantitative estimate of drug-likeness (QED) is 0.737. The Morgan fingerprint density at radius 2 is 2.33 bits per heavy atom. The van der Waals surface area contributed by atoms with Crippen molar-refractivity contribution in [2.45, 2.75) is 6.61 Å². The Morgan fingerprint density at radius 1 is 1.67 bits per heavy atom. The molecule has 0 aliphatic heterocycles. The third kappa shape index (κ3) is 2.11. The fourth-order valence-corrected chi connectivity index (χ4v) is 1.12. The maximum atomic E-state index is 13.4. The van der Waals surface area contributed by atoms with Crippen LogP contribution in [-0.4, -0.2) is 18.2 Å². The molecule has 0 aliphatic carbocycles. The number of esters is 1. The van der Waals surface area contributed by atoms with Crippen LogP contribution in [0.3, 0.4) is 0 Å². The molecule has 0 spiro atoms. The Morgan fingerprint density at radius 3 is 2.80 bits per heavy atom. The van der Waals surface area contributed by atoms with E-state index in [1.807, 2.05) is 0 Å². The molecule has 1 rings (SSSR count). The summed E-state index contributed by atoms with van der Waals surface area (Å²) in [6.07, 6.45) is 0. The maximum absolute atomic E-state index is 13.4. The van der Waals surface area contributed by atoms with E-state index in [1.54, 1.807) is 6.07 Å². The van der Waals surface area contributed by atoms with Gasteiger partial charge >= 0.3 is 5.97 Å². The fourth-order valence-electron chi connectivity index (χ4n) is 1.12.